The highest BCUT2D eigenvalue weighted by atomic mass is 79.9. The number of nitrogens with zero attached hydrogens (tertiary/aromatic N) is 2. The first-order chi connectivity index (χ1) is 12.8. The Kier molecular flexibility index (Phi) is 8.28. The fraction of sp³-hybridized carbons (Fsp3) is 0.208. The molecule has 2 nitrogen and oxygen atoms in total. The second-order valence-electron chi connectivity index (χ2n) is 6.34. The van der Waals surface area contributed by atoms with E-state index in [2.05, 4.69) is 114 Å². The van der Waals surface area contributed by atoms with Crippen LogP contribution in [-0.4, -0.2) is 13.1 Å². The summed E-state index contributed by atoms with van der Waals surface area (Å²) in [6.07, 6.45) is 6.51. The number of aromatic nitrogens is 1. The molecular weight excluding hydrogens is 396 g/mol. The third kappa shape index (κ3) is 5.80. The molecule has 0 radical (unpaired) electrons. The van der Waals surface area contributed by atoms with Crippen molar-refractivity contribution >= 4 is 17.8 Å². The van der Waals surface area contributed by atoms with Crippen LogP contribution in [0.15, 0.2) is 79.0 Å². The molecule has 27 heavy (non-hydrogen) atoms. The van der Waals surface area contributed by atoms with Gasteiger partial charge in [0.25, 0.3) is 0 Å². The molecule has 3 heteroatoms. The van der Waals surface area contributed by atoms with Crippen LogP contribution in [0, 0.1) is 0 Å². The van der Waals surface area contributed by atoms with Gasteiger partial charge in [0.2, 0.25) is 5.69 Å². The minimum absolute atomic E-state index is 0. The molecule has 0 aliphatic rings. The Hall–Kier alpha value is -2.39. The lowest BCUT2D eigenvalue weighted by Gasteiger charge is -2.20. The zero-order valence-electron chi connectivity index (χ0n) is 16.1. The Labute approximate surface area is 173 Å². The lowest BCUT2D eigenvalue weighted by molar-refractivity contribution is -0.690. The largest absolute Gasteiger partial charge is 1.00 e. The van der Waals surface area contributed by atoms with Crippen LogP contribution < -0.4 is 26.4 Å². The molecule has 0 atom stereocenters. The molecule has 0 saturated carbocycles. The van der Waals surface area contributed by atoms with Crippen molar-refractivity contribution in [1.29, 1.82) is 0 Å². The van der Waals surface area contributed by atoms with Gasteiger partial charge < -0.3 is 21.9 Å². The van der Waals surface area contributed by atoms with Crippen molar-refractivity contribution in [2.75, 3.05) is 18.0 Å². The fourth-order valence-corrected chi connectivity index (χ4v) is 3.13. The first-order valence-corrected chi connectivity index (χ1v) is 9.35. The quantitative estimate of drug-likeness (QED) is 0.528. The molecule has 0 aliphatic carbocycles. The van der Waals surface area contributed by atoms with Gasteiger partial charge in [0.05, 0.1) is 0 Å². The number of anilines is 1. The third-order valence-electron chi connectivity index (χ3n) is 4.64. The molecule has 0 spiro atoms. The van der Waals surface area contributed by atoms with Gasteiger partial charge in [-0.25, -0.2) is 0 Å². The van der Waals surface area contributed by atoms with E-state index in [-0.39, 0.29) is 17.0 Å². The molecule has 0 fully saturated rings. The molecule has 0 saturated heterocycles. The summed E-state index contributed by atoms with van der Waals surface area (Å²) in [6.45, 7) is 7.34. The Morgan fingerprint density at radius 3 is 2.11 bits per heavy atom. The van der Waals surface area contributed by atoms with Gasteiger partial charge in [0.1, 0.15) is 0 Å². The van der Waals surface area contributed by atoms with E-state index in [4.69, 9.17) is 0 Å². The van der Waals surface area contributed by atoms with E-state index in [1.54, 1.807) is 0 Å². The van der Waals surface area contributed by atoms with Crippen LogP contribution in [-0.2, 0) is 6.54 Å². The topological polar surface area (TPSA) is 7.12 Å². The van der Waals surface area contributed by atoms with Gasteiger partial charge >= 0.3 is 0 Å². The number of halogens is 1. The van der Waals surface area contributed by atoms with E-state index in [1.807, 2.05) is 0 Å². The van der Waals surface area contributed by atoms with Gasteiger partial charge in [-0.15, -0.1) is 0 Å². The third-order valence-corrected chi connectivity index (χ3v) is 4.64. The Morgan fingerprint density at radius 1 is 0.778 bits per heavy atom. The molecule has 3 rings (SSSR count). The molecule has 0 aliphatic heterocycles. The summed E-state index contributed by atoms with van der Waals surface area (Å²) in [6, 6.07) is 25.7. The van der Waals surface area contributed by atoms with Crippen LogP contribution >= 0.6 is 0 Å². The molecule has 1 heterocycles. The monoisotopic (exact) mass is 422 g/mol. The maximum Gasteiger partial charge on any atom is 0.205 e. The van der Waals surface area contributed by atoms with Crippen molar-refractivity contribution in [3.05, 3.63) is 95.8 Å². The predicted octanol–water partition coefficient (Wildman–Crippen LogP) is 2.04. The summed E-state index contributed by atoms with van der Waals surface area (Å²) in [4.78, 5) is 2.36. The van der Waals surface area contributed by atoms with Crippen LogP contribution in [0.5, 0.6) is 0 Å². The fourth-order valence-electron chi connectivity index (χ4n) is 3.13. The number of hydrogen-bond donors (Lipinski definition) is 0. The maximum absolute atomic E-state index is 2.36. The van der Waals surface area contributed by atoms with Crippen molar-refractivity contribution < 1.29 is 21.5 Å². The maximum atomic E-state index is 2.36. The molecule has 0 amide bonds. The Balaban J connectivity index is 0.00000261. The second kappa shape index (κ2) is 10.7. The van der Waals surface area contributed by atoms with Crippen molar-refractivity contribution in [1.82, 2.24) is 0 Å². The number of pyridine rings is 1. The average Bonchev–Trinajstić information content (AvgIpc) is 2.70. The second-order valence-corrected chi connectivity index (χ2v) is 6.34. The number of benzene rings is 2. The SMILES string of the molecule is CCN(CC)c1ccc(/C=C/c2cccc[n+]2Cc2ccccc2)cc1.[Br-]. The molecule has 0 unspecified atom stereocenters. The van der Waals surface area contributed by atoms with Gasteiger partial charge in [-0.05, 0) is 43.7 Å². The molecule has 0 bridgehead atoms. The Morgan fingerprint density at radius 2 is 1.44 bits per heavy atom. The molecule has 1 aromatic heterocycles. The van der Waals surface area contributed by atoms with Crippen molar-refractivity contribution in [3.63, 3.8) is 0 Å². The lowest BCUT2D eigenvalue weighted by Crippen LogP contribution is -3.00. The first-order valence-electron chi connectivity index (χ1n) is 9.35. The van der Waals surface area contributed by atoms with E-state index in [9.17, 15) is 0 Å². The van der Waals surface area contributed by atoms with E-state index >= 15 is 0 Å². The molecule has 0 N–H and O–H groups in total. The molecule has 2 aromatic carbocycles. The summed E-state index contributed by atoms with van der Waals surface area (Å²) in [5.41, 5.74) is 5.01. The summed E-state index contributed by atoms with van der Waals surface area (Å²) in [5, 5.41) is 0. The Bertz CT molecular complexity index is 838. The van der Waals surface area contributed by atoms with Crippen LogP contribution in [0.1, 0.15) is 30.7 Å². The van der Waals surface area contributed by atoms with Crippen molar-refractivity contribution in [3.8, 4) is 0 Å². The van der Waals surface area contributed by atoms with Gasteiger partial charge in [0, 0.05) is 42.5 Å². The van der Waals surface area contributed by atoms with Gasteiger partial charge in [-0.2, -0.15) is 4.57 Å². The van der Waals surface area contributed by atoms with E-state index < -0.39 is 0 Å². The minimum atomic E-state index is 0. The summed E-state index contributed by atoms with van der Waals surface area (Å²) in [5.74, 6) is 0. The molecule has 140 valence electrons. The van der Waals surface area contributed by atoms with Gasteiger partial charge in [-0.1, -0.05) is 42.5 Å². The van der Waals surface area contributed by atoms with E-state index in [0.29, 0.717) is 0 Å². The summed E-state index contributed by atoms with van der Waals surface area (Å²) >= 11 is 0. The first kappa shape index (κ1) is 20.9. The molecule has 3 aromatic rings. The zero-order chi connectivity index (χ0) is 18.2. The summed E-state index contributed by atoms with van der Waals surface area (Å²) in [7, 11) is 0. The number of hydrogen-bond acceptors (Lipinski definition) is 1. The lowest BCUT2D eigenvalue weighted by atomic mass is 10.1. The zero-order valence-corrected chi connectivity index (χ0v) is 17.6. The average molecular weight is 423 g/mol. The number of rotatable bonds is 7. The van der Waals surface area contributed by atoms with Gasteiger partial charge in [0.15, 0.2) is 12.7 Å². The van der Waals surface area contributed by atoms with Crippen molar-refractivity contribution in [2.24, 2.45) is 0 Å². The van der Waals surface area contributed by atoms with Crippen LogP contribution in [0.25, 0.3) is 12.2 Å². The predicted molar refractivity (Wildman–Crippen MR) is 111 cm³/mol. The van der Waals surface area contributed by atoms with E-state index in [0.717, 1.165) is 19.6 Å². The summed E-state index contributed by atoms with van der Waals surface area (Å²) < 4.78 is 2.27. The highest BCUT2D eigenvalue weighted by Crippen LogP contribution is 2.16. The highest BCUT2D eigenvalue weighted by Gasteiger charge is 2.07. The van der Waals surface area contributed by atoms with Crippen LogP contribution in [0.3, 0.4) is 0 Å². The molecular formula is C24H27BrN2. The van der Waals surface area contributed by atoms with Crippen molar-refractivity contribution in [2.45, 2.75) is 20.4 Å². The van der Waals surface area contributed by atoms with Crippen LogP contribution in [0.4, 0.5) is 5.69 Å². The normalized spacial score (nSPS) is 10.6. The standard InChI is InChI=1S/C24H27N2.BrH/c1-3-25(4-2)24-17-14-21(15-18-24)13-16-23-12-8-9-19-26(23)20-22-10-6-5-7-11-22;/h5-19H,3-4,20H2,1-2H3;1H/q+1;/p-1. The highest BCUT2D eigenvalue weighted by molar-refractivity contribution is 5.68. The van der Waals surface area contributed by atoms with Gasteiger partial charge in [-0.3, -0.25) is 0 Å². The minimum Gasteiger partial charge on any atom is -1.00 e. The van der Waals surface area contributed by atoms with E-state index in [1.165, 1.54) is 22.5 Å². The van der Waals surface area contributed by atoms with Crippen LogP contribution in [0.2, 0.25) is 0 Å². The smallest absolute Gasteiger partial charge is 0.205 e.